The molecule has 0 aliphatic heterocycles. The molecule has 1 aliphatic carbocycles. The van der Waals surface area contributed by atoms with E-state index in [2.05, 4.69) is 132 Å². The van der Waals surface area contributed by atoms with E-state index in [-0.39, 0.29) is 0 Å². The average molecular weight is 531 g/mol. The number of rotatable bonds is 8. The molecular formula is C38H30N2O. The fourth-order valence-corrected chi connectivity index (χ4v) is 5.78. The van der Waals surface area contributed by atoms with E-state index >= 15 is 0 Å². The second-order valence-electron chi connectivity index (χ2n) is 10.7. The molecule has 0 amide bonds. The van der Waals surface area contributed by atoms with Crippen molar-refractivity contribution in [3.8, 4) is 5.69 Å². The minimum Gasteiger partial charge on any atom is -0.317 e. The predicted molar refractivity (Wildman–Crippen MR) is 170 cm³/mol. The maximum absolute atomic E-state index is 11.3. The Kier molecular flexibility index (Phi) is 6.33. The number of benzene rings is 5. The highest BCUT2D eigenvalue weighted by atomic mass is 16.1. The first-order valence-corrected chi connectivity index (χ1v) is 14.1. The van der Waals surface area contributed by atoms with Gasteiger partial charge in [-0.2, -0.15) is 0 Å². The molecule has 3 heteroatoms. The van der Waals surface area contributed by atoms with Gasteiger partial charge in [0.05, 0.1) is 5.52 Å². The number of aromatic nitrogens is 1. The molecule has 7 rings (SSSR count). The number of aryl methyl sites for hydroxylation is 1. The lowest BCUT2D eigenvalue weighted by Crippen LogP contribution is -2.10. The minimum atomic E-state index is 0.506. The van der Waals surface area contributed by atoms with Gasteiger partial charge in [0.15, 0.2) is 0 Å². The standard InChI is InChI=1S/C38H30N2O/c1-27-6-2-4-8-36(27)37-25-31(37)24-28-10-14-33(15-11-28)40(34-16-12-29(26-41)13-17-34)35-20-18-32(19-21-35)39-23-22-30-7-3-5-9-38(30)39/h2-23,25-26,31H,24H2,1H3/t31-/m0/s1. The summed E-state index contributed by atoms with van der Waals surface area (Å²) in [5, 5.41) is 1.22. The van der Waals surface area contributed by atoms with Crippen LogP contribution in [0.25, 0.3) is 22.2 Å². The molecule has 0 spiro atoms. The number of hydrogen-bond acceptors (Lipinski definition) is 2. The van der Waals surface area contributed by atoms with Gasteiger partial charge in [-0.05, 0) is 114 Å². The van der Waals surface area contributed by atoms with Crippen molar-refractivity contribution in [2.24, 2.45) is 5.92 Å². The number of fused-ring (bicyclic) bond motifs is 1. The summed E-state index contributed by atoms with van der Waals surface area (Å²) < 4.78 is 2.22. The Morgan fingerprint density at radius 2 is 1.34 bits per heavy atom. The summed E-state index contributed by atoms with van der Waals surface area (Å²) in [5.74, 6) is 0.506. The van der Waals surface area contributed by atoms with Crippen LogP contribution in [0.1, 0.15) is 27.0 Å². The van der Waals surface area contributed by atoms with Gasteiger partial charge in [-0.25, -0.2) is 0 Å². The maximum Gasteiger partial charge on any atom is 0.150 e. The number of allylic oxidation sites excluding steroid dienone is 2. The summed E-state index contributed by atoms with van der Waals surface area (Å²) in [5.41, 5.74) is 11.6. The highest BCUT2D eigenvalue weighted by Crippen LogP contribution is 2.42. The number of anilines is 3. The summed E-state index contributed by atoms with van der Waals surface area (Å²) in [6, 6.07) is 44.5. The summed E-state index contributed by atoms with van der Waals surface area (Å²) in [7, 11) is 0. The zero-order chi connectivity index (χ0) is 27.8. The molecule has 6 aromatic rings. The average Bonchev–Trinajstić information content (AvgIpc) is 3.64. The van der Waals surface area contributed by atoms with E-state index in [4.69, 9.17) is 0 Å². The molecule has 0 saturated carbocycles. The molecule has 0 fully saturated rings. The lowest BCUT2D eigenvalue weighted by Gasteiger charge is -2.26. The zero-order valence-corrected chi connectivity index (χ0v) is 22.9. The first kappa shape index (κ1) is 24.9. The largest absolute Gasteiger partial charge is 0.317 e. The van der Waals surface area contributed by atoms with Crippen molar-refractivity contribution in [1.29, 1.82) is 0 Å². The lowest BCUT2D eigenvalue weighted by atomic mass is 10.00. The third-order valence-electron chi connectivity index (χ3n) is 8.05. The van der Waals surface area contributed by atoms with Crippen LogP contribution < -0.4 is 4.90 Å². The highest BCUT2D eigenvalue weighted by Gasteiger charge is 2.27. The second kappa shape index (κ2) is 10.4. The Hall–Kier alpha value is -5.15. The van der Waals surface area contributed by atoms with Crippen LogP contribution in [0, 0.1) is 12.8 Å². The first-order valence-electron chi connectivity index (χ1n) is 14.1. The molecule has 0 saturated heterocycles. The van der Waals surface area contributed by atoms with Crippen LogP contribution in [-0.2, 0) is 6.42 Å². The van der Waals surface area contributed by atoms with Gasteiger partial charge in [-0.3, -0.25) is 4.79 Å². The molecule has 41 heavy (non-hydrogen) atoms. The molecule has 198 valence electrons. The molecular weight excluding hydrogens is 500 g/mol. The molecule has 0 N–H and O–H groups in total. The van der Waals surface area contributed by atoms with Gasteiger partial charge < -0.3 is 9.47 Å². The lowest BCUT2D eigenvalue weighted by molar-refractivity contribution is 0.112. The van der Waals surface area contributed by atoms with Crippen LogP contribution in [0.15, 0.2) is 140 Å². The normalized spacial score (nSPS) is 14.1. The van der Waals surface area contributed by atoms with E-state index in [1.165, 1.54) is 33.2 Å². The number of hydrogen-bond donors (Lipinski definition) is 0. The molecule has 1 aromatic heterocycles. The summed E-state index contributed by atoms with van der Waals surface area (Å²) in [4.78, 5) is 13.6. The van der Waals surface area contributed by atoms with Gasteiger partial charge in [0.25, 0.3) is 0 Å². The Bertz CT molecular complexity index is 1880. The van der Waals surface area contributed by atoms with Crippen LogP contribution in [0.5, 0.6) is 0 Å². The predicted octanol–water partition coefficient (Wildman–Crippen LogP) is 9.48. The molecule has 0 unspecified atom stereocenters. The van der Waals surface area contributed by atoms with E-state index in [9.17, 15) is 4.79 Å². The number of nitrogens with zero attached hydrogens (tertiary/aromatic N) is 2. The van der Waals surface area contributed by atoms with E-state index in [0.717, 1.165) is 35.5 Å². The molecule has 0 bridgehead atoms. The minimum absolute atomic E-state index is 0.506. The summed E-state index contributed by atoms with van der Waals surface area (Å²) in [6.45, 7) is 2.18. The van der Waals surface area contributed by atoms with E-state index in [1.54, 1.807) is 0 Å². The van der Waals surface area contributed by atoms with Crippen molar-refractivity contribution in [1.82, 2.24) is 4.57 Å². The quantitative estimate of drug-likeness (QED) is 0.183. The SMILES string of the molecule is Cc1ccccc1C1=C[C@@H]1Cc1ccc(N(c2ccc(C=O)cc2)c2ccc(-n3ccc4ccccc43)cc2)cc1. The summed E-state index contributed by atoms with van der Waals surface area (Å²) in [6.07, 6.45) is 6.40. The van der Waals surface area contributed by atoms with Gasteiger partial charge in [-0.1, -0.05) is 60.7 Å². The van der Waals surface area contributed by atoms with Crippen molar-refractivity contribution < 1.29 is 4.79 Å². The van der Waals surface area contributed by atoms with Crippen LogP contribution in [0.4, 0.5) is 17.1 Å². The van der Waals surface area contributed by atoms with Crippen molar-refractivity contribution in [3.63, 3.8) is 0 Å². The monoisotopic (exact) mass is 530 g/mol. The van der Waals surface area contributed by atoms with Crippen molar-refractivity contribution >= 4 is 39.8 Å². The van der Waals surface area contributed by atoms with E-state index in [0.29, 0.717) is 11.5 Å². The molecule has 1 aliphatic rings. The van der Waals surface area contributed by atoms with E-state index < -0.39 is 0 Å². The van der Waals surface area contributed by atoms with Gasteiger partial charge in [0, 0.05) is 40.4 Å². The van der Waals surface area contributed by atoms with Crippen molar-refractivity contribution in [2.75, 3.05) is 4.90 Å². The summed E-state index contributed by atoms with van der Waals surface area (Å²) >= 11 is 0. The van der Waals surface area contributed by atoms with Crippen LogP contribution in [0.3, 0.4) is 0 Å². The molecule has 1 heterocycles. The molecule has 1 atom stereocenters. The van der Waals surface area contributed by atoms with Gasteiger partial charge >= 0.3 is 0 Å². The Balaban J connectivity index is 1.17. The van der Waals surface area contributed by atoms with Crippen molar-refractivity contribution in [3.05, 3.63) is 162 Å². The first-order chi connectivity index (χ1) is 20.2. The third-order valence-corrected chi connectivity index (χ3v) is 8.05. The second-order valence-corrected chi connectivity index (χ2v) is 10.7. The Labute approximate surface area is 240 Å². The van der Waals surface area contributed by atoms with Gasteiger partial charge in [0.1, 0.15) is 6.29 Å². The Morgan fingerprint density at radius 1 is 0.707 bits per heavy atom. The number of para-hydroxylation sites is 1. The van der Waals surface area contributed by atoms with Crippen LogP contribution >= 0.6 is 0 Å². The third kappa shape index (κ3) is 4.87. The van der Waals surface area contributed by atoms with E-state index in [1.807, 2.05) is 24.3 Å². The maximum atomic E-state index is 11.3. The van der Waals surface area contributed by atoms with Gasteiger partial charge in [0.2, 0.25) is 0 Å². The number of carbonyl (C=O) groups is 1. The number of carbonyl (C=O) groups excluding carboxylic acids is 1. The molecule has 5 aromatic carbocycles. The van der Waals surface area contributed by atoms with Crippen LogP contribution in [-0.4, -0.2) is 10.9 Å². The fourth-order valence-electron chi connectivity index (χ4n) is 5.78. The molecule has 0 radical (unpaired) electrons. The topological polar surface area (TPSA) is 25.2 Å². The number of aldehydes is 1. The smallest absolute Gasteiger partial charge is 0.150 e. The highest BCUT2D eigenvalue weighted by molar-refractivity contribution is 5.84. The molecule has 3 nitrogen and oxygen atoms in total. The van der Waals surface area contributed by atoms with Crippen molar-refractivity contribution in [2.45, 2.75) is 13.3 Å². The van der Waals surface area contributed by atoms with Crippen LogP contribution in [0.2, 0.25) is 0 Å². The zero-order valence-electron chi connectivity index (χ0n) is 22.9. The van der Waals surface area contributed by atoms with Gasteiger partial charge in [-0.15, -0.1) is 0 Å². The fraction of sp³-hybridized carbons (Fsp3) is 0.0789. The Morgan fingerprint density at radius 3 is 2.05 bits per heavy atom.